The highest BCUT2D eigenvalue weighted by Gasteiger charge is 2.21. The number of aryl methyl sites for hydroxylation is 3. The molecular formula is C15H16N4O2S. The van der Waals surface area contributed by atoms with E-state index in [0.29, 0.717) is 17.3 Å². The number of fused-ring (bicyclic) bond motifs is 1. The zero-order chi connectivity index (χ0) is 15.9. The predicted octanol–water partition coefficient (Wildman–Crippen LogP) is 2.98. The van der Waals surface area contributed by atoms with Crippen molar-refractivity contribution in [3.05, 3.63) is 34.2 Å². The molecule has 3 aromatic rings. The Hall–Kier alpha value is -2.28. The van der Waals surface area contributed by atoms with Gasteiger partial charge in [-0.25, -0.2) is 19.4 Å². The normalized spacial score (nSPS) is 11.1. The van der Waals surface area contributed by atoms with E-state index in [-0.39, 0.29) is 5.97 Å². The SMILES string of the molecule is CCOC(=O)c1sc2ncnc(-n3nc(C)cc3C)c2c1C. The van der Waals surface area contributed by atoms with Crippen LogP contribution in [0.25, 0.3) is 16.0 Å². The molecule has 3 heterocycles. The van der Waals surface area contributed by atoms with Gasteiger partial charge in [0.05, 0.1) is 17.7 Å². The van der Waals surface area contributed by atoms with Crippen LogP contribution in [0.4, 0.5) is 0 Å². The fourth-order valence-electron chi connectivity index (χ4n) is 2.45. The minimum atomic E-state index is -0.317. The van der Waals surface area contributed by atoms with Crippen LogP contribution in [-0.2, 0) is 4.74 Å². The molecule has 0 aliphatic carbocycles. The summed E-state index contributed by atoms with van der Waals surface area (Å²) in [5.41, 5.74) is 2.74. The first-order valence-corrected chi connectivity index (χ1v) is 7.79. The van der Waals surface area contributed by atoms with Gasteiger partial charge < -0.3 is 4.74 Å². The van der Waals surface area contributed by atoms with Crippen LogP contribution in [0.5, 0.6) is 0 Å². The molecule has 0 aliphatic heterocycles. The second kappa shape index (κ2) is 5.49. The summed E-state index contributed by atoms with van der Waals surface area (Å²) in [6.45, 7) is 7.95. The van der Waals surface area contributed by atoms with E-state index in [1.165, 1.54) is 17.7 Å². The summed E-state index contributed by atoms with van der Waals surface area (Å²) in [5.74, 6) is 0.377. The van der Waals surface area contributed by atoms with Crippen molar-refractivity contribution in [1.29, 1.82) is 0 Å². The second-order valence-electron chi connectivity index (χ2n) is 4.99. The molecule has 0 amide bonds. The molecule has 0 aliphatic rings. The quantitative estimate of drug-likeness (QED) is 0.695. The van der Waals surface area contributed by atoms with Gasteiger partial charge in [0.25, 0.3) is 0 Å². The number of aromatic nitrogens is 4. The van der Waals surface area contributed by atoms with Crippen molar-refractivity contribution in [3.8, 4) is 5.82 Å². The molecule has 0 aromatic carbocycles. The first-order valence-electron chi connectivity index (χ1n) is 6.97. The van der Waals surface area contributed by atoms with Gasteiger partial charge in [0.2, 0.25) is 0 Å². The van der Waals surface area contributed by atoms with E-state index in [0.717, 1.165) is 27.2 Å². The van der Waals surface area contributed by atoms with Crippen LogP contribution in [0, 0.1) is 20.8 Å². The van der Waals surface area contributed by atoms with Crippen LogP contribution in [-0.4, -0.2) is 32.3 Å². The standard InChI is InChI=1S/C15H16N4O2S/c1-5-21-15(20)12-10(4)11-13(16-7-17-14(11)22-12)19-9(3)6-8(2)18-19/h6-7H,5H2,1-4H3. The summed E-state index contributed by atoms with van der Waals surface area (Å²) >= 11 is 1.33. The highest BCUT2D eigenvalue weighted by Crippen LogP contribution is 2.33. The molecule has 3 aromatic heterocycles. The molecule has 0 atom stereocenters. The third-order valence-electron chi connectivity index (χ3n) is 3.38. The lowest BCUT2D eigenvalue weighted by Gasteiger charge is -2.05. The number of carbonyl (C=O) groups excluding carboxylic acids is 1. The van der Waals surface area contributed by atoms with Crippen LogP contribution < -0.4 is 0 Å². The molecule has 7 heteroatoms. The summed E-state index contributed by atoms with van der Waals surface area (Å²) in [6.07, 6.45) is 1.50. The Bertz CT molecular complexity index is 866. The lowest BCUT2D eigenvalue weighted by molar-refractivity contribution is 0.0531. The van der Waals surface area contributed by atoms with Crippen LogP contribution in [0.3, 0.4) is 0 Å². The molecule has 0 fully saturated rings. The molecule has 6 nitrogen and oxygen atoms in total. The van der Waals surface area contributed by atoms with Crippen molar-refractivity contribution in [3.63, 3.8) is 0 Å². The van der Waals surface area contributed by atoms with Gasteiger partial charge >= 0.3 is 5.97 Å². The third-order valence-corrected chi connectivity index (χ3v) is 4.56. The lowest BCUT2D eigenvalue weighted by Crippen LogP contribution is -2.05. The fraction of sp³-hybridized carbons (Fsp3) is 0.333. The van der Waals surface area contributed by atoms with Crippen LogP contribution in [0.2, 0.25) is 0 Å². The van der Waals surface area contributed by atoms with Gasteiger partial charge in [0, 0.05) is 5.69 Å². The number of nitrogens with zero attached hydrogens (tertiary/aromatic N) is 4. The molecule has 0 unspecified atom stereocenters. The van der Waals surface area contributed by atoms with E-state index in [1.807, 2.05) is 26.8 Å². The Morgan fingerprint density at radius 3 is 2.73 bits per heavy atom. The Morgan fingerprint density at radius 2 is 2.09 bits per heavy atom. The first kappa shape index (κ1) is 14.6. The number of carbonyl (C=O) groups is 1. The fourth-order valence-corrected chi connectivity index (χ4v) is 3.49. The number of rotatable bonds is 3. The lowest BCUT2D eigenvalue weighted by atomic mass is 10.2. The summed E-state index contributed by atoms with van der Waals surface area (Å²) in [7, 11) is 0. The molecule has 0 saturated heterocycles. The van der Waals surface area contributed by atoms with E-state index in [4.69, 9.17) is 4.74 Å². The summed E-state index contributed by atoms with van der Waals surface area (Å²) < 4.78 is 6.90. The number of hydrogen-bond acceptors (Lipinski definition) is 6. The van der Waals surface area contributed by atoms with E-state index < -0.39 is 0 Å². The largest absolute Gasteiger partial charge is 0.462 e. The maximum atomic E-state index is 12.1. The molecule has 0 N–H and O–H groups in total. The van der Waals surface area contributed by atoms with E-state index >= 15 is 0 Å². The molecular weight excluding hydrogens is 300 g/mol. The highest BCUT2D eigenvalue weighted by molar-refractivity contribution is 7.20. The number of thiophene rings is 1. The predicted molar refractivity (Wildman–Crippen MR) is 84.7 cm³/mol. The molecule has 0 radical (unpaired) electrons. The molecule has 0 saturated carbocycles. The van der Waals surface area contributed by atoms with Crippen LogP contribution in [0.15, 0.2) is 12.4 Å². The van der Waals surface area contributed by atoms with Crippen molar-refractivity contribution >= 4 is 27.5 Å². The second-order valence-corrected chi connectivity index (χ2v) is 5.99. The number of esters is 1. The van der Waals surface area contributed by atoms with Crippen LogP contribution in [0.1, 0.15) is 33.5 Å². The monoisotopic (exact) mass is 316 g/mol. The van der Waals surface area contributed by atoms with Gasteiger partial charge in [-0.15, -0.1) is 11.3 Å². The van der Waals surface area contributed by atoms with Crippen LogP contribution >= 0.6 is 11.3 Å². The summed E-state index contributed by atoms with van der Waals surface area (Å²) in [5, 5.41) is 5.33. The third kappa shape index (κ3) is 2.27. The van der Waals surface area contributed by atoms with Gasteiger partial charge in [-0.05, 0) is 39.3 Å². The van der Waals surface area contributed by atoms with Crippen molar-refractivity contribution in [1.82, 2.24) is 19.7 Å². The minimum absolute atomic E-state index is 0.317. The van der Waals surface area contributed by atoms with E-state index in [1.54, 1.807) is 11.6 Å². The zero-order valence-electron chi connectivity index (χ0n) is 12.9. The van der Waals surface area contributed by atoms with Gasteiger partial charge in [-0.2, -0.15) is 5.10 Å². The highest BCUT2D eigenvalue weighted by atomic mass is 32.1. The average Bonchev–Trinajstić information content (AvgIpc) is 2.99. The molecule has 114 valence electrons. The van der Waals surface area contributed by atoms with Crippen molar-refractivity contribution in [2.75, 3.05) is 6.61 Å². The number of ether oxygens (including phenoxy) is 1. The van der Waals surface area contributed by atoms with Crippen molar-refractivity contribution < 1.29 is 9.53 Å². The van der Waals surface area contributed by atoms with Gasteiger partial charge in [0.15, 0.2) is 5.82 Å². The molecule has 0 bridgehead atoms. The number of hydrogen-bond donors (Lipinski definition) is 0. The Kier molecular flexibility index (Phi) is 3.66. The van der Waals surface area contributed by atoms with Gasteiger partial charge in [0.1, 0.15) is 16.0 Å². The average molecular weight is 316 g/mol. The zero-order valence-corrected chi connectivity index (χ0v) is 13.7. The molecule has 22 heavy (non-hydrogen) atoms. The maximum Gasteiger partial charge on any atom is 0.348 e. The van der Waals surface area contributed by atoms with Gasteiger partial charge in [-0.3, -0.25) is 0 Å². The summed E-state index contributed by atoms with van der Waals surface area (Å²) in [6, 6.07) is 1.99. The topological polar surface area (TPSA) is 69.9 Å². The van der Waals surface area contributed by atoms with E-state index in [9.17, 15) is 4.79 Å². The smallest absolute Gasteiger partial charge is 0.348 e. The Balaban J connectivity index is 2.25. The van der Waals surface area contributed by atoms with Crippen molar-refractivity contribution in [2.24, 2.45) is 0 Å². The molecule has 0 spiro atoms. The van der Waals surface area contributed by atoms with Gasteiger partial charge in [-0.1, -0.05) is 0 Å². The Labute approximate surface area is 131 Å². The maximum absolute atomic E-state index is 12.1. The molecule has 3 rings (SSSR count). The van der Waals surface area contributed by atoms with Crippen molar-refractivity contribution in [2.45, 2.75) is 27.7 Å². The minimum Gasteiger partial charge on any atom is -0.462 e. The Morgan fingerprint density at radius 1 is 1.32 bits per heavy atom. The summed E-state index contributed by atoms with van der Waals surface area (Å²) in [4.78, 5) is 22.1. The first-order chi connectivity index (χ1) is 10.5. The van der Waals surface area contributed by atoms with E-state index in [2.05, 4.69) is 15.1 Å².